The van der Waals surface area contributed by atoms with E-state index in [4.69, 9.17) is 16.3 Å². The molecule has 0 heterocycles. The molecular formula is C22H19ClN2O3. The van der Waals surface area contributed by atoms with Gasteiger partial charge in [0, 0.05) is 16.4 Å². The smallest absolute Gasteiger partial charge is 0.262 e. The number of benzene rings is 3. The van der Waals surface area contributed by atoms with Crippen LogP contribution in [-0.4, -0.2) is 18.4 Å². The standard InChI is InChI=1S/C22H19ClN2O3/c1-15-6-5-9-18(12-15)24-21(26)14-28-20-11-10-16(23)13-19(20)22(27)25-17-7-3-2-4-8-17/h2-13H,14H2,1H3,(H,24,26)(H,25,27). The molecule has 0 radical (unpaired) electrons. The third-order valence-corrected chi connectivity index (χ3v) is 4.11. The van der Waals surface area contributed by atoms with Crippen molar-refractivity contribution in [1.29, 1.82) is 0 Å². The van der Waals surface area contributed by atoms with Crippen molar-refractivity contribution in [3.05, 3.63) is 88.9 Å². The van der Waals surface area contributed by atoms with Crippen LogP contribution in [0, 0.1) is 6.92 Å². The van der Waals surface area contributed by atoms with E-state index in [1.807, 2.05) is 43.3 Å². The predicted octanol–water partition coefficient (Wildman–Crippen LogP) is 4.92. The van der Waals surface area contributed by atoms with Crippen LogP contribution >= 0.6 is 11.6 Å². The van der Waals surface area contributed by atoms with Crippen LogP contribution in [-0.2, 0) is 4.79 Å². The van der Waals surface area contributed by atoms with E-state index in [1.54, 1.807) is 30.3 Å². The van der Waals surface area contributed by atoms with Crippen LogP contribution in [0.25, 0.3) is 0 Å². The summed E-state index contributed by atoms with van der Waals surface area (Å²) in [5, 5.41) is 5.94. The van der Waals surface area contributed by atoms with Crippen molar-refractivity contribution in [2.45, 2.75) is 6.92 Å². The Morgan fingerprint density at radius 1 is 0.893 bits per heavy atom. The molecule has 0 aromatic heterocycles. The Hall–Kier alpha value is -3.31. The Morgan fingerprint density at radius 3 is 2.39 bits per heavy atom. The maximum atomic E-state index is 12.6. The van der Waals surface area contributed by atoms with Crippen molar-refractivity contribution < 1.29 is 14.3 Å². The second-order valence-electron chi connectivity index (χ2n) is 6.17. The van der Waals surface area contributed by atoms with E-state index in [9.17, 15) is 9.59 Å². The van der Waals surface area contributed by atoms with E-state index in [-0.39, 0.29) is 29.7 Å². The molecular weight excluding hydrogens is 376 g/mol. The lowest BCUT2D eigenvalue weighted by molar-refractivity contribution is -0.118. The van der Waals surface area contributed by atoms with E-state index >= 15 is 0 Å². The van der Waals surface area contributed by atoms with Crippen molar-refractivity contribution in [2.24, 2.45) is 0 Å². The van der Waals surface area contributed by atoms with Gasteiger partial charge in [-0.1, -0.05) is 41.9 Å². The molecule has 0 aliphatic heterocycles. The van der Waals surface area contributed by atoms with Gasteiger partial charge in [-0.3, -0.25) is 9.59 Å². The van der Waals surface area contributed by atoms with Crippen LogP contribution in [0.5, 0.6) is 5.75 Å². The minimum Gasteiger partial charge on any atom is -0.483 e. The fourth-order valence-electron chi connectivity index (χ4n) is 2.59. The molecule has 2 amide bonds. The number of ether oxygens (including phenoxy) is 1. The van der Waals surface area contributed by atoms with Crippen LogP contribution in [0.4, 0.5) is 11.4 Å². The quantitative estimate of drug-likeness (QED) is 0.623. The van der Waals surface area contributed by atoms with E-state index < -0.39 is 0 Å². The highest BCUT2D eigenvalue weighted by molar-refractivity contribution is 6.31. The molecule has 3 rings (SSSR count). The second kappa shape index (κ2) is 9.06. The van der Waals surface area contributed by atoms with Crippen LogP contribution < -0.4 is 15.4 Å². The fourth-order valence-corrected chi connectivity index (χ4v) is 2.76. The first-order valence-electron chi connectivity index (χ1n) is 8.66. The van der Waals surface area contributed by atoms with E-state index in [0.29, 0.717) is 16.4 Å². The topological polar surface area (TPSA) is 67.4 Å². The van der Waals surface area contributed by atoms with Crippen molar-refractivity contribution >= 4 is 34.8 Å². The summed E-state index contributed by atoms with van der Waals surface area (Å²) >= 11 is 6.03. The number of aryl methyl sites for hydroxylation is 1. The van der Waals surface area contributed by atoms with E-state index in [2.05, 4.69) is 10.6 Å². The number of anilines is 2. The zero-order chi connectivity index (χ0) is 19.9. The third-order valence-electron chi connectivity index (χ3n) is 3.88. The minimum absolute atomic E-state index is 0.235. The van der Waals surface area contributed by atoms with Crippen LogP contribution in [0.1, 0.15) is 15.9 Å². The number of para-hydroxylation sites is 1. The number of rotatable bonds is 6. The highest BCUT2D eigenvalue weighted by Crippen LogP contribution is 2.24. The van der Waals surface area contributed by atoms with Crippen molar-refractivity contribution in [1.82, 2.24) is 0 Å². The lowest BCUT2D eigenvalue weighted by atomic mass is 10.2. The zero-order valence-electron chi connectivity index (χ0n) is 15.2. The van der Waals surface area contributed by atoms with Gasteiger partial charge in [-0.25, -0.2) is 0 Å². The largest absolute Gasteiger partial charge is 0.483 e. The van der Waals surface area contributed by atoms with Gasteiger partial charge in [-0.2, -0.15) is 0 Å². The zero-order valence-corrected chi connectivity index (χ0v) is 16.0. The molecule has 3 aromatic carbocycles. The average Bonchev–Trinajstić information content (AvgIpc) is 2.68. The molecule has 0 saturated heterocycles. The molecule has 0 saturated carbocycles. The van der Waals surface area contributed by atoms with Crippen LogP contribution in [0.3, 0.4) is 0 Å². The maximum Gasteiger partial charge on any atom is 0.262 e. The highest BCUT2D eigenvalue weighted by Gasteiger charge is 2.15. The lowest BCUT2D eigenvalue weighted by Crippen LogP contribution is -2.21. The molecule has 0 fully saturated rings. The average molecular weight is 395 g/mol. The Bertz CT molecular complexity index is 990. The summed E-state index contributed by atoms with van der Waals surface area (Å²) in [5.41, 5.74) is 2.62. The van der Waals surface area contributed by atoms with Gasteiger partial charge in [0.15, 0.2) is 6.61 Å². The lowest BCUT2D eigenvalue weighted by Gasteiger charge is -2.12. The monoisotopic (exact) mass is 394 g/mol. The Morgan fingerprint density at radius 2 is 1.64 bits per heavy atom. The van der Waals surface area contributed by atoms with Crippen LogP contribution in [0.2, 0.25) is 5.02 Å². The fraction of sp³-hybridized carbons (Fsp3) is 0.0909. The van der Waals surface area contributed by atoms with Gasteiger partial charge in [0.05, 0.1) is 5.56 Å². The molecule has 2 N–H and O–H groups in total. The van der Waals surface area contributed by atoms with Gasteiger partial charge in [-0.15, -0.1) is 0 Å². The van der Waals surface area contributed by atoms with Gasteiger partial charge in [0.1, 0.15) is 5.75 Å². The summed E-state index contributed by atoms with van der Waals surface area (Å²) < 4.78 is 5.58. The first-order chi connectivity index (χ1) is 13.5. The molecule has 142 valence electrons. The van der Waals surface area contributed by atoms with Crippen molar-refractivity contribution in [3.63, 3.8) is 0 Å². The molecule has 0 atom stereocenters. The number of hydrogen-bond acceptors (Lipinski definition) is 3. The minimum atomic E-state index is -0.372. The molecule has 0 unspecified atom stereocenters. The van der Waals surface area contributed by atoms with Crippen LogP contribution in [0.15, 0.2) is 72.8 Å². The maximum absolute atomic E-state index is 12.6. The SMILES string of the molecule is Cc1cccc(NC(=O)COc2ccc(Cl)cc2C(=O)Nc2ccccc2)c1. The molecule has 5 nitrogen and oxygen atoms in total. The number of halogens is 1. The van der Waals surface area contributed by atoms with Gasteiger partial charge < -0.3 is 15.4 Å². The van der Waals surface area contributed by atoms with Crippen molar-refractivity contribution in [2.75, 3.05) is 17.2 Å². The normalized spacial score (nSPS) is 10.2. The van der Waals surface area contributed by atoms with E-state index in [1.165, 1.54) is 6.07 Å². The van der Waals surface area contributed by atoms with E-state index in [0.717, 1.165) is 5.56 Å². The number of amides is 2. The summed E-state index contributed by atoms with van der Waals surface area (Å²) in [7, 11) is 0. The first kappa shape index (κ1) is 19.5. The number of nitrogens with one attached hydrogen (secondary N) is 2. The van der Waals surface area contributed by atoms with Gasteiger partial charge >= 0.3 is 0 Å². The third kappa shape index (κ3) is 5.34. The molecule has 28 heavy (non-hydrogen) atoms. The van der Waals surface area contributed by atoms with Gasteiger partial charge in [-0.05, 0) is 55.0 Å². The highest BCUT2D eigenvalue weighted by atomic mass is 35.5. The molecule has 0 aliphatic rings. The molecule has 0 bridgehead atoms. The first-order valence-corrected chi connectivity index (χ1v) is 9.04. The van der Waals surface area contributed by atoms with Gasteiger partial charge in [0.2, 0.25) is 0 Å². The molecule has 6 heteroatoms. The number of carbonyl (C=O) groups excluding carboxylic acids is 2. The van der Waals surface area contributed by atoms with Crippen molar-refractivity contribution in [3.8, 4) is 5.75 Å². The summed E-state index contributed by atoms with van der Waals surface area (Å²) in [6, 6.07) is 21.2. The summed E-state index contributed by atoms with van der Waals surface area (Å²) in [6.45, 7) is 1.71. The molecule has 3 aromatic rings. The summed E-state index contributed by atoms with van der Waals surface area (Å²) in [5.74, 6) is -0.421. The number of hydrogen-bond donors (Lipinski definition) is 2. The Labute approximate surface area is 168 Å². The predicted molar refractivity (Wildman–Crippen MR) is 111 cm³/mol. The second-order valence-corrected chi connectivity index (χ2v) is 6.60. The number of carbonyl (C=O) groups is 2. The Kier molecular flexibility index (Phi) is 6.29. The Balaban J connectivity index is 1.68. The molecule has 0 spiro atoms. The van der Waals surface area contributed by atoms with Gasteiger partial charge in [0.25, 0.3) is 11.8 Å². The summed E-state index contributed by atoms with van der Waals surface area (Å²) in [4.78, 5) is 24.8. The summed E-state index contributed by atoms with van der Waals surface area (Å²) in [6.07, 6.45) is 0. The molecule has 0 aliphatic carbocycles.